The molecule has 1 fully saturated rings. The molecule has 9 nitrogen and oxygen atoms in total. The molecule has 4 rings (SSSR count). The Balaban J connectivity index is 1.31. The predicted octanol–water partition coefficient (Wildman–Crippen LogP) is 1.53. The SMILES string of the molecule is O=C(CCN(C[C@H]1CCCO1)C(=O)c1cnccn1)NCc1ccc2c(c1)OCO2. The van der Waals surface area contributed by atoms with Crippen LogP contribution >= 0.6 is 0 Å². The van der Waals surface area contributed by atoms with Crippen molar-refractivity contribution in [1.82, 2.24) is 20.2 Å². The lowest BCUT2D eigenvalue weighted by molar-refractivity contribution is -0.121. The second-order valence-electron chi connectivity index (χ2n) is 7.19. The Bertz CT molecular complexity index is 886. The fourth-order valence-corrected chi connectivity index (χ4v) is 3.46. The molecule has 1 N–H and O–H groups in total. The number of aromatic nitrogens is 2. The molecule has 0 unspecified atom stereocenters. The van der Waals surface area contributed by atoms with Gasteiger partial charge < -0.3 is 24.4 Å². The van der Waals surface area contributed by atoms with Crippen LogP contribution in [0, 0.1) is 0 Å². The van der Waals surface area contributed by atoms with Gasteiger partial charge in [0.2, 0.25) is 12.7 Å². The average molecular weight is 412 g/mol. The first-order valence-corrected chi connectivity index (χ1v) is 10.0. The minimum Gasteiger partial charge on any atom is -0.454 e. The largest absolute Gasteiger partial charge is 0.454 e. The maximum atomic E-state index is 12.8. The molecule has 0 saturated carbocycles. The molecule has 158 valence electrons. The van der Waals surface area contributed by atoms with E-state index >= 15 is 0 Å². The van der Waals surface area contributed by atoms with E-state index in [1.165, 1.54) is 18.6 Å². The molecule has 0 radical (unpaired) electrons. The Hall–Kier alpha value is -3.20. The molecule has 9 heteroatoms. The van der Waals surface area contributed by atoms with Crippen molar-refractivity contribution in [3.63, 3.8) is 0 Å². The summed E-state index contributed by atoms with van der Waals surface area (Å²) in [5, 5.41) is 2.89. The molecule has 1 saturated heterocycles. The Morgan fingerprint density at radius 1 is 1.20 bits per heavy atom. The van der Waals surface area contributed by atoms with Gasteiger partial charge in [-0.2, -0.15) is 0 Å². The first kappa shape index (κ1) is 20.1. The molecule has 2 aliphatic rings. The Morgan fingerprint density at radius 3 is 2.90 bits per heavy atom. The number of nitrogens with zero attached hydrogens (tertiary/aromatic N) is 3. The van der Waals surface area contributed by atoms with Gasteiger partial charge in [0.1, 0.15) is 5.69 Å². The fourth-order valence-electron chi connectivity index (χ4n) is 3.46. The zero-order valence-electron chi connectivity index (χ0n) is 16.6. The number of hydrogen-bond donors (Lipinski definition) is 1. The Morgan fingerprint density at radius 2 is 2.10 bits per heavy atom. The number of ether oxygens (including phenoxy) is 3. The van der Waals surface area contributed by atoms with E-state index in [1.54, 1.807) is 4.90 Å². The predicted molar refractivity (Wildman–Crippen MR) is 106 cm³/mol. The number of fused-ring (bicyclic) bond motifs is 1. The van der Waals surface area contributed by atoms with E-state index in [0.29, 0.717) is 31.2 Å². The van der Waals surface area contributed by atoms with Crippen LogP contribution in [-0.4, -0.2) is 59.3 Å². The number of nitrogens with one attached hydrogen (secondary N) is 1. The number of amides is 2. The second-order valence-corrected chi connectivity index (χ2v) is 7.19. The lowest BCUT2D eigenvalue weighted by Crippen LogP contribution is -2.40. The molecular formula is C21H24N4O5. The maximum Gasteiger partial charge on any atom is 0.274 e. The summed E-state index contributed by atoms with van der Waals surface area (Å²) in [5.74, 6) is 0.996. The van der Waals surface area contributed by atoms with Crippen molar-refractivity contribution < 1.29 is 23.8 Å². The van der Waals surface area contributed by atoms with Crippen LogP contribution in [0.2, 0.25) is 0 Å². The molecule has 2 aromatic rings. The summed E-state index contributed by atoms with van der Waals surface area (Å²) in [6.45, 7) is 2.01. The quantitative estimate of drug-likeness (QED) is 0.701. The number of hydrogen-bond acceptors (Lipinski definition) is 7. The van der Waals surface area contributed by atoms with E-state index in [2.05, 4.69) is 15.3 Å². The van der Waals surface area contributed by atoms with E-state index in [1.807, 2.05) is 18.2 Å². The molecule has 0 spiro atoms. The first-order valence-electron chi connectivity index (χ1n) is 10.0. The molecular weight excluding hydrogens is 388 g/mol. The van der Waals surface area contributed by atoms with Gasteiger partial charge in [0.25, 0.3) is 5.91 Å². The van der Waals surface area contributed by atoms with Crippen LogP contribution in [0.25, 0.3) is 0 Å². The minimum absolute atomic E-state index is 0.0117. The van der Waals surface area contributed by atoms with Gasteiger partial charge in [-0.15, -0.1) is 0 Å². The van der Waals surface area contributed by atoms with Crippen LogP contribution < -0.4 is 14.8 Å². The van der Waals surface area contributed by atoms with Crippen molar-refractivity contribution in [2.75, 3.05) is 26.5 Å². The number of rotatable bonds is 8. The van der Waals surface area contributed by atoms with Gasteiger partial charge in [-0.25, -0.2) is 4.98 Å². The third-order valence-electron chi connectivity index (χ3n) is 5.05. The number of carbonyl (C=O) groups is 2. The third kappa shape index (κ3) is 5.04. The number of benzene rings is 1. The van der Waals surface area contributed by atoms with Crippen LogP contribution in [0.1, 0.15) is 35.3 Å². The fraction of sp³-hybridized carbons (Fsp3) is 0.429. The lowest BCUT2D eigenvalue weighted by Gasteiger charge is -2.25. The van der Waals surface area contributed by atoms with Gasteiger partial charge in [0.05, 0.1) is 12.3 Å². The molecule has 0 bridgehead atoms. The second kappa shape index (κ2) is 9.53. The van der Waals surface area contributed by atoms with Crippen molar-refractivity contribution >= 4 is 11.8 Å². The zero-order chi connectivity index (χ0) is 20.8. The summed E-state index contributed by atoms with van der Waals surface area (Å²) in [5.41, 5.74) is 1.18. The summed E-state index contributed by atoms with van der Waals surface area (Å²) < 4.78 is 16.3. The third-order valence-corrected chi connectivity index (χ3v) is 5.05. The van der Waals surface area contributed by atoms with E-state index < -0.39 is 0 Å². The minimum atomic E-state index is -0.248. The topological polar surface area (TPSA) is 103 Å². The molecule has 0 aliphatic carbocycles. The molecule has 1 aromatic carbocycles. The van der Waals surface area contributed by atoms with Crippen LogP contribution in [0.5, 0.6) is 11.5 Å². The summed E-state index contributed by atoms with van der Waals surface area (Å²) >= 11 is 0. The zero-order valence-corrected chi connectivity index (χ0v) is 16.6. The van der Waals surface area contributed by atoms with Crippen molar-refractivity contribution in [3.05, 3.63) is 48.0 Å². The molecule has 1 atom stereocenters. The highest BCUT2D eigenvalue weighted by Crippen LogP contribution is 2.32. The highest BCUT2D eigenvalue weighted by atomic mass is 16.7. The molecule has 2 aliphatic heterocycles. The highest BCUT2D eigenvalue weighted by Gasteiger charge is 2.24. The van der Waals surface area contributed by atoms with Crippen LogP contribution in [0.15, 0.2) is 36.8 Å². The summed E-state index contributed by atoms with van der Waals surface area (Å²) in [4.78, 5) is 34.9. The molecule has 3 heterocycles. The first-order chi connectivity index (χ1) is 14.7. The maximum absolute atomic E-state index is 12.8. The summed E-state index contributed by atoms with van der Waals surface area (Å²) in [7, 11) is 0. The van der Waals surface area contributed by atoms with Crippen LogP contribution in [0.4, 0.5) is 0 Å². The van der Waals surface area contributed by atoms with Gasteiger partial charge in [-0.3, -0.25) is 14.6 Å². The van der Waals surface area contributed by atoms with Gasteiger partial charge >= 0.3 is 0 Å². The monoisotopic (exact) mass is 412 g/mol. The van der Waals surface area contributed by atoms with Crippen LogP contribution in [-0.2, 0) is 16.1 Å². The molecule has 30 heavy (non-hydrogen) atoms. The van der Waals surface area contributed by atoms with Gasteiger partial charge in [-0.1, -0.05) is 6.07 Å². The van der Waals surface area contributed by atoms with Crippen molar-refractivity contribution in [1.29, 1.82) is 0 Å². The highest BCUT2D eigenvalue weighted by molar-refractivity contribution is 5.92. The number of carbonyl (C=O) groups excluding carboxylic acids is 2. The standard InChI is InChI=1S/C21H24N4O5/c26-20(24-11-15-3-4-18-19(10-15)30-14-29-18)5-8-25(13-16-2-1-9-28-16)21(27)17-12-22-6-7-23-17/h3-4,6-7,10,12,16H,1-2,5,8-9,11,13-14H2,(H,24,26)/t16-/m1/s1. The van der Waals surface area contributed by atoms with Crippen molar-refractivity contribution in [2.24, 2.45) is 0 Å². The van der Waals surface area contributed by atoms with E-state index in [0.717, 1.165) is 18.4 Å². The molecule has 1 aromatic heterocycles. The van der Waals surface area contributed by atoms with E-state index in [4.69, 9.17) is 14.2 Å². The smallest absolute Gasteiger partial charge is 0.274 e. The summed E-state index contributed by atoms with van der Waals surface area (Å²) in [6, 6.07) is 5.56. The van der Waals surface area contributed by atoms with Crippen molar-refractivity contribution in [3.8, 4) is 11.5 Å². The molecule has 2 amide bonds. The van der Waals surface area contributed by atoms with Gasteiger partial charge in [0, 0.05) is 45.1 Å². The lowest BCUT2D eigenvalue weighted by atomic mass is 10.2. The van der Waals surface area contributed by atoms with Crippen molar-refractivity contribution in [2.45, 2.75) is 31.9 Å². The van der Waals surface area contributed by atoms with E-state index in [-0.39, 0.29) is 43.4 Å². The average Bonchev–Trinajstić information content (AvgIpc) is 3.46. The Labute approximate surface area is 174 Å². The van der Waals surface area contributed by atoms with Gasteiger partial charge in [-0.05, 0) is 30.5 Å². The Kier molecular flexibility index (Phi) is 6.38. The normalized spacial score (nSPS) is 17.0. The summed E-state index contributed by atoms with van der Waals surface area (Å²) in [6.07, 6.45) is 6.49. The van der Waals surface area contributed by atoms with Crippen LogP contribution in [0.3, 0.4) is 0 Å². The van der Waals surface area contributed by atoms with Gasteiger partial charge in [0.15, 0.2) is 11.5 Å². The van der Waals surface area contributed by atoms with E-state index in [9.17, 15) is 9.59 Å².